The van der Waals surface area contributed by atoms with E-state index in [0.29, 0.717) is 11.3 Å². The van der Waals surface area contributed by atoms with Gasteiger partial charge >= 0.3 is 5.97 Å². The van der Waals surface area contributed by atoms with E-state index < -0.39 is 10.9 Å². The monoisotopic (exact) mass is 222 g/mol. The van der Waals surface area contributed by atoms with E-state index in [2.05, 4.69) is 9.72 Å². The normalized spacial score (nSPS) is 10.4. The van der Waals surface area contributed by atoms with Crippen molar-refractivity contribution in [3.05, 3.63) is 39.7 Å². The van der Waals surface area contributed by atoms with Crippen LogP contribution in [0.4, 0.5) is 5.69 Å². The van der Waals surface area contributed by atoms with E-state index in [9.17, 15) is 14.9 Å². The molecule has 1 heterocycles. The maximum absolute atomic E-state index is 10.9. The third-order valence-electron chi connectivity index (χ3n) is 1.92. The highest BCUT2D eigenvalue weighted by atomic mass is 16.6. The highest BCUT2D eigenvalue weighted by Gasteiger charge is 2.08. The predicted molar refractivity (Wildman–Crippen MR) is 56.7 cm³/mol. The lowest BCUT2D eigenvalue weighted by Crippen LogP contribution is -1.96. The summed E-state index contributed by atoms with van der Waals surface area (Å²) >= 11 is 0. The molecule has 0 unspecified atom stereocenters. The van der Waals surface area contributed by atoms with Gasteiger partial charge in [0, 0.05) is 23.4 Å². The molecule has 0 aliphatic carbocycles. The number of pyridine rings is 1. The summed E-state index contributed by atoms with van der Waals surface area (Å²) < 4.78 is 4.41. The van der Waals surface area contributed by atoms with Crippen LogP contribution in [-0.2, 0) is 9.53 Å². The number of hydrogen-bond donors (Lipinski definition) is 0. The molecule has 0 spiro atoms. The van der Waals surface area contributed by atoms with Crippen molar-refractivity contribution in [3.63, 3.8) is 0 Å². The van der Waals surface area contributed by atoms with E-state index in [1.165, 1.54) is 31.5 Å². The van der Waals surface area contributed by atoms with E-state index >= 15 is 0 Å². The minimum Gasteiger partial charge on any atom is -0.466 e. The Balaban J connectivity index is 3.03. The Morgan fingerprint density at radius 3 is 2.88 bits per heavy atom. The zero-order valence-corrected chi connectivity index (χ0v) is 8.84. The molecule has 0 N–H and O–H groups in total. The predicted octanol–water partition coefficient (Wildman–Crippen LogP) is 1.48. The van der Waals surface area contributed by atoms with Crippen molar-refractivity contribution in [2.24, 2.45) is 0 Å². The van der Waals surface area contributed by atoms with Gasteiger partial charge in [-0.15, -0.1) is 0 Å². The van der Waals surface area contributed by atoms with Crippen molar-refractivity contribution >= 4 is 17.7 Å². The lowest BCUT2D eigenvalue weighted by atomic mass is 10.2. The van der Waals surface area contributed by atoms with E-state index in [1.807, 2.05) is 0 Å². The van der Waals surface area contributed by atoms with Gasteiger partial charge in [-0.25, -0.2) is 4.79 Å². The largest absolute Gasteiger partial charge is 0.466 e. The Labute approximate surface area is 91.7 Å². The van der Waals surface area contributed by atoms with E-state index in [4.69, 9.17) is 0 Å². The number of aromatic nitrogens is 1. The summed E-state index contributed by atoms with van der Waals surface area (Å²) in [6.07, 6.45) is 3.79. The average molecular weight is 222 g/mol. The Morgan fingerprint density at radius 1 is 1.62 bits per heavy atom. The second-order valence-corrected chi connectivity index (χ2v) is 2.98. The second kappa shape index (κ2) is 5.01. The molecular weight excluding hydrogens is 212 g/mol. The fraction of sp³-hybridized carbons (Fsp3) is 0.200. The number of rotatable bonds is 3. The third kappa shape index (κ3) is 2.88. The van der Waals surface area contributed by atoms with Gasteiger partial charge in [0.2, 0.25) is 0 Å². The Bertz CT molecular complexity index is 454. The number of hydrogen-bond acceptors (Lipinski definition) is 5. The molecule has 16 heavy (non-hydrogen) atoms. The molecule has 0 atom stereocenters. The summed E-state index contributed by atoms with van der Waals surface area (Å²) in [6, 6.07) is 1.35. The maximum atomic E-state index is 10.9. The van der Waals surface area contributed by atoms with Crippen molar-refractivity contribution in [3.8, 4) is 0 Å². The zero-order valence-electron chi connectivity index (χ0n) is 8.84. The number of carbonyl (C=O) groups is 1. The number of ether oxygens (including phenoxy) is 1. The van der Waals surface area contributed by atoms with Crippen LogP contribution in [0.25, 0.3) is 6.08 Å². The zero-order chi connectivity index (χ0) is 12.1. The first-order valence-electron chi connectivity index (χ1n) is 4.41. The Kier molecular flexibility index (Phi) is 3.71. The van der Waals surface area contributed by atoms with E-state index in [-0.39, 0.29) is 5.69 Å². The lowest BCUT2D eigenvalue weighted by Gasteiger charge is -1.98. The molecule has 0 aromatic carbocycles. The third-order valence-corrected chi connectivity index (χ3v) is 1.92. The molecule has 0 aliphatic rings. The molecule has 1 rings (SSSR count). The van der Waals surface area contributed by atoms with Crippen LogP contribution in [0, 0.1) is 17.0 Å². The number of carbonyl (C=O) groups excluding carboxylic acids is 1. The fourth-order valence-electron chi connectivity index (χ4n) is 1.03. The summed E-state index contributed by atoms with van der Waals surface area (Å²) in [5.74, 6) is -0.522. The fourth-order valence-corrected chi connectivity index (χ4v) is 1.03. The van der Waals surface area contributed by atoms with Gasteiger partial charge in [0.15, 0.2) is 0 Å². The van der Waals surface area contributed by atoms with Gasteiger partial charge in [-0.05, 0) is 13.0 Å². The standard InChI is InChI=1S/C10H10N2O4/c1-7-8(3-4-10(13)16-2)5-9(6-11-7)12(14)15/h3-6H,1-2H3. The quantitative estimate of drug-likeness (QED) is 0.335. The highest BCUT2D eigenvalue weighted by Crippen LogP contribution is 2.15. The van der Waals surface area contributed by atoms with Crippen LogP contribution in [0.5, 0.6) is 0 Å². The van der Waals surface area contributed by atoms with Gasteiger partial charge in [0.05, 0.1) is 12.0 Å². The van der Waals surface area contributed by atoms with Gasteiger partial charge in [0.25, 0.3) is 5.69 Å². The molecule has 0 saturated heterocycles. The first-order valence-corrected chi connectivity index (χ1v) is 4.41. The van der Waals surface area contributed by atoms with Crippen LogP contribution in [0.3, 0.4) is 0 Å². The first-order chi connectivity index (χ1) is 7.54. The van der Waals surface area contributed by atoms with Crippen LogP contribution in [0.2, 0.25) is 0 Å². The molecule has 0 fully saturated rings. The lowest BCUT2D eigenvalue weighted by molar-refractivity contribution is -0.385. The van der Waals surface area contributed by atoms with Crippen LogP contribution >= 0.6 is 0 Å². The number of esters is 1. The van der Waals surface area contributed by atoms with Gasteiger partial charge in [0.1, 0.15) is 6.20 Å². The molecule has 0 saturated carbocycles. The molecule has 84 valence electrons. The van der Waals surface area contributed by atoms with Gasteiger partial charge < -0.3 is 4.74 Å². The van der Waals surface area contributed by atoms with Crippen molar-refractivity contribution in [2.45, 2.75) is 6.92 Å². The van der Waals surface area contributed by atoms with Crippen LogP contribution in [0.1, 0.15) is 11.3 Å². The van der Waals surface area contributed by atoms with E-state index in [0.717, 1.165) is 0 Å². The van der Waals surface area contributed by atoms with Gasteiger partial charge in [-0.1, -0.05) is 0 Å². The van der Waals surface area contributed by atoms with Crippen molar-refractivity contribution in [1.29, 1.82) is 0 Å². The molecule has 0 radical (unpaired) electrons. The molecule has 1 aromatic heterocycles. The van der Waals surface area contributed by atoms with Crippen LogP contribution in [-0.4, -0.2) is 23.0 Å². The smallest absolute Gasteiger partial charge is 0.330 e. The minimum absolute atomic E-state index is 0.116. The minimum atomic E-state index is -0.540. The SMILES string of the molecule is COC(=O)C=Cc1cc([N+](=O)[O-])cnc1C. The van der Waals surface area contributed by atoms with Crippen molar-refractivity contribution in [2.75, 3.05) is 7.11 Å². The highest BCUT2D eigenvalue weighted by molar-refractivity contribution is 5.87. The topological polar surface area (TPSA) is 82.3 Å². The number of aryl methyl sites for hydroxylation is 1. The summed E-state index contributed by atoms with van der Waals surface area (Å²) in [4.78, 5) is 24.7. The molecule has 0 amide bonds. The van der Waals surface area contributed by atoms with Crippen molar-refractivity contribution in [1.82, 2.24) is 4.98 Å². The van der Waals surface area contributed by atoms with E-state index in [1.54, 1.807) is 6.92 Å². The molecule has 6 heteroatoms. The summed E-state index contributed by atoms with van der Waals surface area (Å²) in [5.41, 5.74) is 1.00. The number of nitro groups is 1. The summed E-state index contributed by atoms with van der Waals surface area (Å²) in [6.45, 7) is 1.70. The first kappa shape index (κ1) is 11.8. The average Bonchev–Trinajstić information content (AvgIpc) is 2.27. The van der Waals surface area contributed by atoms with Crippen LogP contribution < -0.4 is 0 Å². The molecule has 1 aromatic rings. The van der Waals surface area contributed by atoms with Gasteiger partial charge in [-0.2, -0.15) is 0 Å². The molecular formula is C10H10N2O4. The Hall–Kier alpha value is -2.24. The number of methoxy groups -OCH3 is 1. The summed E-state index contributed by atoms with van der Waals surface area (Å²) in [5, 5.41) is 10.5. The molecule has 0 aliphatic heterocycles. The molecule has 6 nitrogen and oxygen atoms in total. The van der Waals surface area contributed by atoms with Gasteiger partial charge in [-0.3, -0.25) is 15.1 Å². The summed E-state index contributed by atoms with van der Waals surface area (Å²) in [7, 11) is 1.26. The molecule has 0 bridgehead atoms. The van der Waals surface area contributed by atoms with Crippen molar-refractivity contribution < 1.29 is 14.5 Å². The second-order valence-electron chi connectivity index (χ2n) is 2.98. The van der Waals surface area contributed by atoms with Crippen LogP contribution in [0.15, 0.2) is 18.3 Å². The Morgan fingerprint density at radius 2 is 2.31 bits per heavy atom. The maximum Gasteiger partial charge on any atom is 0.330 e. The number of nitrogens with zero attached hydrogens (tertiary/aromatic N) is 2.